The van der Waals surface area contributed by atoms with Crippen molar-refractivity contribution in [2.75, 3.05) is 0 Å². The highest BCUT2D eigenvalue weighted by Gasteiger charge is 2.28. The third kappa shape index (κ3) is 3.67. The normalized spacial score (nSPS) is 11.8. The molecule has 0 fully saturated rings. The van der Waals surface area contributed by atoms with Crippen molar-refractivity contribution in [1.29, 1.82) is 0 Å². The number of alkyl halides is 3. The van der Waals surface area contributed by atoms with Gasteiger partial charge in [0.1, 0.15) is 5.69 Å². The zero-order chi connectivity index (χ0) is 12.2. The fourth-order valence-corrected chi connectivity index (χ4v) is 1.34. The minimum atomic E-state index is -4.29. The van der Waals surface area contributed by atoms with E-state index in [2.05, 4.69) is 5.10 Å². The zero-order valence-corrected chi connectivity index (χ0v) is 8.92. The van der Waals surface area contributed by atoms with Crippen LogP contribution >= 0.6 is 0 Å². The van der Waals surface area contributed by atoms with Gasteiger partial charge in [-0.05, 0) is 12.5 Å². The van der Waals surface area contributed by atoms with Gasteiger partial charge in [0, 0.05) is 19.2 Å². The van der Waals surface area contributed by atoms with E-state index < -0.39 is 24.8 Å². The second-order valence-electron chi connectivity index (χ2n) is 3.48. The van der Waals surface area contributed by atoms with E-state index in [9.17, 15) is 18.0 Å². The van der Waals surface area contributed by atoms with Crippen molar-refractivity contribution in [1.82, 2.24) is 9.78 Å². The minimum Gasteiger partial charge on any atom is -0.292 e. The molecule has 90 valence electrons. The SMILES string of the molecule is CCCn1nccc1C(=O)CCC(F)(F)F. The molecule has 0 atom stereocenters. The summed E-state index contributed by atoms with van der Waals surface area (Å²) in [6.07, 6.45) is -3.68. The second-order valence-corrected chi connectivity index (χ2v) is 3.48. The van der Waals surface area contributed by atoms with Crippen LogP contribution in [0.4, 0.5) is 13.2 Å². The first-order chi connectivity index (χ1) is 7.44. The first-order valence-electron chi connectivity index (χ1n) is 5.06. The molecule has 1 aromatic heterocycles. The maximum atomic E-state index is 11.9. The van der Waals surface area contributed by atoms with Gasteiger partial charge in [-0.2, -0.15) is 18.3 Å². The lowest BCUT2D eigenvalue weighted by atomic mass is 10.1. The molecule has 0 aliphatic heterocycles. The lowest BCUT2D eigenvalue weighted by Crippen LogP contribution is -2.14. The number of nitrogens with zero attached hydrogens (tertiary/aromatic N) is 2. The maximum Gasteiger partial charge on any atom is 0.389 e. The summed E-state index contributed by atoms with van der Waals surface area (Å²) in [6, 6.07) is 1.45. The van der Waals surface area contributed by atoms with Crippen LogP contribution in [0.1, 0.15) is 36.7 Å². The predicted molar refractivity (Wildman–Crippen MR) is 52.1 cm³/mol. The molecule has 0 saturated heterocycles. The molecule has 1 rings (SSSR count). The van der Waals surface area contributed by atoms with Gasteiger partial charge >= 0.3 is 6.18 Å². The summed E-state index contributed by atoms with van der Waals surface area (Å²) in [7, 11) is 0. The molecule has 0 unspecified atom stereocenters. The van der Waals surface area contributed by atoms with E-state index in [1.807, 2.05) is 6.92 Å². The number of carbonyl (C=O) groups is 1. The molecular formula is C10H13F3N2O. The summed E-state index contributed by atoms with van der Waals surface area (Å²) >= 11 is 0. The lowest BCUT2D eigenvalue weighted by molar-refractivity contribution is -0.133. The van der Waals surface area contributed by atoms with E-state index in [0.29, 0.717) is 6.54 Å². The monoisotopic (exact) mass is 234 g/mol. The van der Waals surface area contributed by atoms with Gasteiger partial charge in [0.2, 0.25) is 0 Å². The Balaban J connectivity index is 2.62. The molecule has 1 heterocycles. The molecule has 0 amide bonds. The molecule has 0 aliphatic rings. The molecule has 3 nitrogen and oxygen atoms in total. The van der Waals surface area contributed by atoms with Crippen LogP contribution in [-0.2, 0) is 6.54 Å². The molecular weight excluding hydrogens is 221 g/mol. The van der Waals surface area contributed by atoms with Crippen LogP contribution in [0.3, 0.4) is 0 Å². The molecule has 16 heavy (non-hydrogen) atoms. The Morgan fingerprint density at radius 1 is 1.50 bits per heavy atom. The Morgan fingerprint density at radius 2 is 2.19 bits per heavy atom. The maximum absolute atomic E-state index is 11.9. The molecule has 0 spiro atoms. The zero-order valence-electron chi connectivity index (χ0n) is 8.92. The summed E-state index contributed by atoms with van der Waals surface area (Å²) < 4.78 is 37.2. The van der Waals surface area contributed by atoms with Gasteiger partial charge in [-0.3, -0.25) is 9.48 Å². The number of aryl methyl sites for hydroxylation is 1. The summed E-state index contributed by atoms with van der Waals surface area (Å²) in [4.78, 5) is 11.5. The number of Topliss-reactive ketones (excluding diaryl/α,β-unsaturated/α-hetero) is 1. The molecule has 1 aromatic rings. The highest BCUT2D eigenvalue weighted by molar-refractivity contribution is 5.94. The first-order valence-corrected chi connectivity index (χ1v) is 5.06. The van der Waals surface area contributed by atoms with Gasteiger partial charge in [0.25, 0.3) is 0 Å². The molecule has 0 aliphatic carbocycles. The van der Waals surface area contributed by atoms with Crippen LogP contribution in [0.15, 0.2) is 12.3 Å². The smallest absolute Gasteiger partial charge is 0.292 e. The average Bonchev–Trinajstić information content (AvgIpc) is 2.62. The Bertz CT molecular complexity index is 357. The van der Waals surface area contributed by atoms with Crippen LogP contribution < -0.4 is 0 Å². The van der Waals surface area contributed by atoms with Crippen LogP contribution in [0.5, 0.6) is 0 Å². The molecule has 0 radical (unpaired) electrons. The Labute approximate surface area is 91.3 Å². The average molecular weight is 234 g/mol. The summed E-state index contributed by atoms with van der Waals surface area (Å²) in [6.45, 7) is 2.45. The number of aromatic nitrogens is 2. The number of hydrogen-bond acceptors (Lipinski definition) is 2. The topological polar surface area (TPSA) is 34.9 Å². The molecule has 0 bridgehead atoms. The van der Waals surface area contributed by atoms with Gasteiger partial charge in [0.05, 0.1) is 6.42 Å². The van der Waals surface area contributed by atoms with Crippen molar-refractivity contribution in [3.05, 3.63) is 18.0 Å². The van der Waals surface area contributed by atoms with Gasteiger partial charge in [-0.1, -0.05) is 6.92 Å². The number of hydrogen-bond donors (Lipinski definition) is 0. The van der Waals surface area contributed by atoms with E-state index in [0.717, 1.165) is 6.42 Å². The van der Waals surface area contributed by atoms with E-state index in [4.69, 9.17) is 0 Å². The summed E-state index contributed by atoms with van der Waals surface area (Å²) in [5, 5.41) is 3.89. The number of rotatable bonds is 5. The van der Waals surface area contributed by atoms with Crippen LogP contribution in [0.2, 0.25) is 0 Å². The lowest BCUT2D eigenvalue weighted by Gasteiger charge is -2.07. The van der Waals surface area contributed by atoms with Crippen molar-refractivity contribution in [2.45, 2.75) is 38.9 Å². The number of halogens is 3. The quantitative estimate of drug-likeness (QED) is 0.734. The highest BCUT2D eigenvalue weighted by atomic mass is 19.4. The molecule has 0 aromatic carbocycles. The van der Waals surface area contributed by atoms with Gasteiger partial charge in [-0.25, -0.2) is 0 Å². The van der Waals surface area contributed by atoms with Crippen LogP contribution in [0, 0.1) is 0 Å². The standard InChI is InChI=1S/C10H13F3N2O/c1-2-7-15-8(4-6-14-15)9(16)3-5-10(11,12)13/h4,6H,2-3,5,7H2,1H3. The summed E-state index contributed by atoms with van der Waals surface area (Å²) in [5.74, 6) is -0.511. The Hall–Kier alpha value is -1.33. The van der Waals surface area contributed by atoms with Gasteiger partial charge in [0.15, 0.2) is 5.78 Å². The van der Waals surface area contributed by atoms with Crippen molar-refractivity contribution >= 4 is 5.78 Å². The van der Waals surface area contributed by atoms with Crippen LogP contribution in [-0.4, -0.2) is 21.7 Å². The molecule has 0 saturated carbocycles. The van der Waals surface area contributed by atoms with Crippen molar-refractivity contribution in [2.24, 2.45) is 0 Å². The fraction of sp³-hybridized carbons (Fsp3) is 0.600. The van der Waals surface area contributed by atoms with E-state index in [1.54, 1.807) is 0 Å². The van der Waals surface area contributed by atoms with E-state index in [-0.39, 0.29) is 5.69 Å². The predicted octanol–water partition coefficient (Wildman–Crippen LogP) is 2.82. The van der Waals surface area contributed by atoms with Crippen molar-refractivity contribution in [3.63, 3.8) is 0 Å². The Morgan fingerprint density at radius 3 is 2.75 bits per heavy atom. The molecule has 0 N–H and O–H groups in total. The summed E-state index contributed by atoms with van der Waals surface area (Å²) in [5.41, 5.74) is 0.256. The van der Waals surface area contributed by atoms with Gasteiger partial charge in [-0.15, -0.1) is 0 Å². The fourth-order valence-electron chi connectivity index (χ4n) is 1.34. The minimum absolute atomic E-state index is 0.256. The van der Waals surface area contributed by atoms with Crippen molar-refractivity contribution in [3.8, 4) is 0 Å². The van der Waals surface area contributed by atoms with E-state index >= 15 is 0 Å². The van der Waals surface area contributed by atoms with Gasteiger partial charge < -0.3 is 0 Å². The third-order valence-corrected chi connectivity index (χ3v) is 2.07. The second kappa shape index (κ2) is 5.14. The van der Waals surface area contributed by atoms with Crippen LogP contribution in [0.25, 0.3) is 0 Å². The highest BCUT2D eigenvalue weighted by Crippen LogP contribution is 2.22. The Kier molecular flexibility index (Phi) is 4.09. The number of ketones is 1. The first kappa shape index (κ1) is 12.7. The number of carbonyl (C=O) groups excluding carboxylic acids is 1. The van der Waals surface area contributed by atoms with Crippen molar-refractivity contribution < 1.29 is 18.0 Å². The molecule has 6 heteroatoms. The van der Waals surface area contributed by atoms with E-state index in [1.165, 1.54) is 16.9 Å². The largest absolute Gasteiger partial charge is 0.389 e. The third-order valence-electron chi connectivity index (χ3n) is 2.07.